The Balaban J connectivity index is 2.19. The first-order valence-electron chi connectivity index (χ1n) is 7.53. The summed E-state index contributed by atoms with van der Waals surface area (Å²) in [7, 11) is 0. The van der Waals surface area contributed by atoms with E-state index in [0.717, 1.165) is 25.9 Å². The third-order valence-corrected chi connectivity index (χ3v) is 4.26. The third-order valence-electron chi connectivity index (χ3n) is 4.26. The molecule has 1 aromatic rings. The molecule has 2 nitrogen and oxygen atoms in total. The Bertz CT molecular complexity index is 429. The highest BCUT2D eigenvalue weighted by molar-refractivity contribution is 5.56. The van der Waals surface area contributed by atoms with Crippen molar-refractivity contribution in [3.05, 3.63) is 29.3 Å². The summed E-state index contributed by atoms with van der Waals surface area (Å²) in [4.78, 5) is 2.48. The molecule has 1 aliphatic rings. The summed E-state index contributed by atoms with van der Waals surface area (Å²) in [6, 6.07) is 6.78. The van der Waals surface area contributed by atoms with Crippen LogP contribution in [0.5, 0.6) is 0 Å². The van der Waals surface area contributed by atoms with Gasteiger partial charge in [-0.1, -0.05) is 38.0 Å². The molecule has 0 bridgehead atoms. The lowest BCUT2D eigenvalue weighted by Crippen LogP contribution is -2.41. The molecule has 1 aliphatic heterocycles. The Hall–Kier alpha value is -1.02. The van der Waals surface area contributed by atoms with Crippen LogP contribution < -0.4 is 4.90 Å². The van der Waals surface area contributed by atoms with Gasteiger partial charge in [0.05, 0.1) is 6.61 Å². The van der Waals surface area contributed by atoms with Crippen LogP contribution in [0.4, 0.5) is 5.69 Å². The van der Waals surface area contributed by atoms with E-state index in [-0.39, 0.29) is 12.0 Å². The van der Waals surface area contributed by atoms with Gasteiger partial charge in [-0.05, 0) is 37.8 Å². The molecule has 19 heavy (non-hydrogen) atoms. The SMILES string of the molecule is CCCC(C)(CO)CN1CCCc2cc(C)ccc21. The zero-order valence-corrected chi connectivity index (χ0v) is 12.6. The molecule has 1 N–H and O–H groups in total. The van der Waals surface area contributed by atoms with E-state index in [0.29, 0.717) is 0 Å². The van der Waals surface area contributed by atoms with Crippen LogP contribution in [0.15, 0.2) is 18.2 Å². The summed E-state index contributed by atoms with van der Waals surface area (Å²) in [5, 5.41) is 9.71. The minimum Gasteiger partial charge on any atom is -0.396 e. The number of anilines is 1. The number of aliphatic hydroxyl groups excluding tert-OH is 1. The fourth-order valence-electron chi connectivity index (χ4n) is 3.24. The van der Waals surface area contributed by atoms with Gasteiger partial charge in [-0.2, -0.15) is 0 Å². The molecule has 1 heterocycles. The van der Waals surface area contributed by atoms with E-state index in [2.05, 4.69) is 43.9 Å². The van der Waals surface area contributed by atoms with Gasteiger partial charge in [0.1, 0.15) is 0 Å². The van der Waals surface area contributed by atoms with Gasteiger partial charge >= 0.3 is 0 Å². The summed E-state index contributed by atoms with van der Waals surface area (Å²) in [5.74, 6) is 0. The molecule has 0 spiro atoms. The third kappa shape index (κ3) is 3.30. The van der Waals surface area contributed by atoms with Gasteiger partial charge in [0.15, 0.2) is 0 Å². The quantitative estimate of drug-likeness (QED) is 0.876. The summed E-state index contributed by atoms with van der Waals surface area (Å²) in [6.07, 6.45) is 4.63. The molecule has 0 aromatic heterocycles. The molecular formula is C17H27NO. The molecule has 2 heteroatoms. The van der Waals surface area contributed by atoms with Gasteiger partial charge in [0, 0.05) is 24.2 Å². The van der Waals surface area contributed by atoms with Crippen molar-refractivity contribution in [1.29, 1.82) is 0 Å². The minimum absolute atomic E-state index is 0.0221. The number of benzene rings is 1. The molecule has 0 amide bonds. The number of rotatable bonds is 5. The molecular weight excluding hydrogens is 234 g/mol. The second-order valence-corrected chi connectivity index (χ2v) is 6.38. The maximum absolute atomic E-state index is 9.71. The van der Waals surface area contributed by atoms with Crippen molar-refractivity contribution in [3.8, 4) is 0 Å². The van der Waals surface area contributed by atoms with Crippen LogP contribution in [-0.2, 0) is 6.42 Å². The number of aliphatic hydroxyl groups is 1. The van der Waals surface area contributed by atoms with Crippen LogP contribution in [0.25, 0.3) is 0 Å². The van der Waals surface area contributed by atoms with Crippen LogP contribution in [0.1, 0.15) is 44.2 Å². The van der Waals surface area contributed by atoms with E-state index in [1.165, 1.54) is 29.7 Å². The maximum Gasteiger partial charge on any atom is 0.0501 e. The van der Waals surface area contributed by atoms with Crippen LogP contribution in [0.3, 0.4) is 0 Å². The van der Waals surface area contributed by atoms with E-state index in [1.54, 1.807) is 0 Å². The van der Waals surface area contributed by atoms with Crippen LogP contribution >= 0.6 is 0 Å². The lowest BCUT2D eigenvalue weighted by molar-refractivity contribution is 0.136. The summed E-state index contributed by atoms with van der Waals surface area (Å²) in [6.45, 7) is 8.93. The smallest absolute Gasteiger partial charge is 0.0501 e. The normalized spacial score (nSPS) is 18.0. The number of fused-ring (bicyclic) bond motifs is 1. The molecule has 1 unspecified atom stereocenters. The van der Waals surface area contributed by atoms with Gasteiger partial charge in [-0.3, -0.25) is 0 Å². The summed E-state index contributed by atoms with van der Waals surface area (Å²) in [5.41, 5.74) is 4.23. The number of hydrogen-bond acceptors (Lipinski definition) is 2. The van der Waals surface area contributed by atoms with Crippen LogP contribution in [-0.4, -0.2) is 24.8 Å². The first kappa shape index (κ1) is 14.4. The van der Waals surface area contributed by atoms with E-state index in [1.807, 2.05) is 0 Å². The van der Waals surface area contributed by atoms with E-state index >= 15 is 0 Å². The van der Waals surface area contributed by atoms with Crippen molar-refractivity contribution in [1.82, 2.24) is 0 Å². The van der Waals surface area contributed by atoms with Gasteiger partial charge < -0.3 is 10.0 Å². The van der Waals surface area contributed by atoms with Gasteiger partial charge in [-0.25, -0.2) is 0 Å². The van der Waals surface area contributed by atoms with Crippen LogP contribution in [0, 0.1) is 12.3 Å². The second kappa shape index (κ2) is 5.96. The highest BCUT2D eigenvalue weighted by Crippen LogP contribution is 2.32. The molecule has 0 radical (unpaired) electrons. The molecule has 1 aromatic carbocycles. The fourth-order valence-corrected chi connectivity index (χ4v) is 3.24. The molecule has 2 rings (SSSR count). The topological polar surface area (TPSA) is 23.5 Å². The van der Waals surface area contributed by atoms with Gasteiger partial charge in [-0.15, -0.1) is 0 Å². The average molecular weight is 261 g/mol. The number of nitrogens with zero attached hydrogens (tertiary/aromatic N) is 1. The summed E-state index contributed by atoms with van der Waals surface area (Å²) >= 11 is 0. The molecule has 0 aliphatic carbocycles. The molecule has 1 atom stereocenters. The van der Waals surface area contributed by atoms with Gasteiger partial charge in [0.25, 0.3) is 0 Å². The zero-order chi connectivity index (χ0) is 13.9. The second-order valence-electron chi connectivity index (χ2n) is 6.38. The van der Waals surface area contributed by atoms with E-state index < -0.39 is 0 Å². The Morgan fingerprint density at radius 3 is 2.84 bits per heavy atom. The molecule has 0 saturated heterocycles. The lowest BCUT2D eigenvalue weighted by Gasteiger charge is -2.38. The fraction of sp³-hybridized carbons (Fsp3) is 0.647. The molecule has 0 fully saturated rings. The highest BCUT2D eigenvalue weighted by Gasteiger charge is 2.28. The zero-order valence-electron chi connectivity index (χ0n) is 12.6. The van der Waals surface area contributed by atoms with Gasteiger partial charge in [0.2, 0.25) is 0 Å². The van der Waals surface area contributed by atoms with Crippen molar-refractivity contribution in [3.63, 3.8) is 0 Å². The molecule has 0 saturated carbocycles. The predicted octanol–water partition coefficient (Wildman–Crippen LogP) is 3.55. The predicted molar refractivity (Wildman–Crippen MR) is 81.8 cm³/mol. The Morgan fingerprint density at radius 2 is 2.16 bits per heavy atom. The minimum atomic E-state index is 0.0221. The van der Waals surface area contributed by atoms with Crippen molar-refractivity contribution in [2.45, 2.75) is 46.5 Å². The average Bonchev–Trinajstić information content (AvgIpc) is 2.39. The van der Waals surface area contributed by atoms with E-state index in [9.17, 15) is 5.11 Å². The number of hydrogen-bond donors (Lipinski definition) is 1. The maximum atomic E-state index is 9.71. The number of aryl methyl sites for hydroxylation is 2. The monoisotopic (exact) mass is 261 g/mol. The lowest BCUT2D eigenvalue weighted by atomic mass is 9.85. The summed E-state index contributed by atoms with van der Waals surface area (Å²) < 4.78 is 0. The van der Waals surface area contributed by atoms with Crippen molar-refractivity contribution in [2.75, 3.05) is 24.6 Å². The highest BCUT2D eigenvalue weighted by atomic mass is 16.3. The first-order chi connectivity index (χ1) is 9.08. The van der Waals surface area contributed by atoms with Crippen molar-refractivity contribution >= 4 is 5.69 Å². The Morgan fingerprint density at radius 1 is 1.37 bits per heavy atom. The standard InChI is InChI=1S/C17H27NO/c1-4-9-17(3,13-19)12-18-10-5-6-15-11-14(2)7-8-16(15)18/h7-8,11,19H,4-6,9-10,12-13H2,1-3H3. The first-order valence-corrected chi connectivity index (χ1v) is 7.53. The van der Waals surface area contributed by atoms with Crippen molar-refractivity contribution in [2.24, 2.45) is 5.41 Å². The molecule has 106 valence electrons. The van der Waals surface area contributed by atoms with Crippen LogP contribution in [0.2, 0.25) is 0 Å². The Kier molecular flexibility index (Phi) is 4.51. The van der Waals surface area contributed by atoms with E-state index in [4.69, 9.17) is 0 Å². The van der Waals surface area contributed by atoms with Crippen molar-refractivity contribution < 1.29 is 5.11 Å². The largest absolute Gasteiger partial charge is 0.396 e. The Labute approximate surface area is 117 Å².